The Balaban J connectivity index is 1.59. The first kappa shape index (κ1) is 33.2. The van der Waals surface area contributed by atoms with Crippen LogP contribution in [0.15, 0.2) is 54.6 Å². The number of hydrogen-bond donors (Lipinski definition) is 5. The number of carbonyl (C=O) groups is 3. The van der Waals surface area contributed by atoms with Crippen LogP contribution in [0.4, 0.5) is 4.79 Å². The summed E-state index contributed by atoms with van der Waals surface area (Å²) in [6.07, 6.45) is -1.69. The summed E-state index contributed by atoms with van der Waals surface area (Å²) in [5.41, 5.74) is 1.69. The highest BCUT2D eigenvalue weighted by Crippen LogP contribution is 2.16. The average molecular weight is 613 g/mol. The summed E-state index contributed by atoms with van der Waals surface area (Å²) in [4.78, 5) is 39.9. The van der Waals surface area contributed by atoms with Gasteiger partial charge in [0.05, 0.1) is 38.6 Å². The molecule has 2 aromatic carbocycles. The molecule has 2 bridgehead atoms. The van der Waals surface area contributed by atoms with E-state index in [0.29, 0.717) is 38.6 Å². The molecule has 5 atom stereocenters. The van der Waals surface area contributed by atoms with Gasteiger partial charge in [-0.2, -0.15) is 0 Å². The predicted octanol–water partition coefficient (Wildman–Crippen LogP) is 1.30. The zero-order valence-corrected chi connectivity index (χ0v) is 25.3. The highest BCUT2D eigenvalue weighted by atomic mass is 16.6. The molecule has 3 aliphatic heterocycles. The standard InChI is InChI=1S/C32H44N4O8/c1-21(2)27-30(38)33-13-15-41-16-17-43-24-10-8-23(9-11-24)19-34-28(31(39)36-27)29(37)26(18-22-6-4-3-5-7-22)35-32(40)44-25-12-14-42-20-25/h3-11,21,25-29,34,37H,12-20H2,1-2H3,(H,33,38)(H,35,40)(H,36,39)/t25-,26-,27-,28+,29+/m0/s1. The molecule has 5 N–H and O–H groups in total. The molecule has 0 spiro atoms. The van der Waals surface area contributed by atoms with Gasteiger partial charge >= 0.3 is 6.09 Å². The Kier molecular flexibility index (Phi) is 12.8. The van der Waals surface area contributed by atoms with Crippen LogP contribution < -0.4 is 26.0 Å². The van der Waals surface area contributed by atoms with Gasteiger partial charge in [0.25, 0.3) is 0 Å². The minimum atomic E-state index is -1.40. The molecule has 0 aromatic heterocycles. The molecular formula is C32H44N4O8. The summed E-state index contributed by atoms with van der Waals surface area (Å²) >= 11 is 0. The predicted molar refractivity (Wildman–Crippen MR) is 162 cm³/mol. The number of alkyl carbamates (subject to hydrolysis) is 1. The molecule has 1 saturated heterocycles. The molecule has 3 amide bonds. The van der Waals surface area contributed by atoms with Crippen molar-refractivity contribution in [3.05, 3.63) is 65.7 Å². The molecule has 3 heterocycles. The van der Waals surface area contributed by atoms with Gasteiger partial charge in [0.1, 0.15) is 30.5 Å². The quantitative estimate of drug-likeness (QED) is 0.291. The maximum Gasteiger partial charge on any atom is 0.407 e. The van der Waals surface area contributed by atoms with E-state index in [0.717, 1.165) is 11.1 Å². The average Bonchev–Trinajstić information content (AvgIpc) is 3.52. The van der Waals surface area contributed by atoms with Crippen molar-refractivity contribution in [2.24, 2.45) is 5.92 Å². The lowest BCUT2D eigenvalue weighted by atomic mass is 9.94. The molecule has 2 aromatic rings. The fraction of sp³-hybridized carbons (Fsp3) is 0.531. The third kappa shape index (κ3) is 10.2. The Labute approximate surface area is 258 Å². The molecule has 240 valence electrons. The normalized spacial score (nSPS) is 23.4. The van der Waals surface area contributed by atoms with E-state index in [1.165, 1.54) is 0 Å². The Morgan fingerprint density at radius 1 is 0.977 bits per heavy atom. The van der Waals surface area contributed by atoms with Crippen molar-refractivity contribution in [1.82, 2.24) is 21.3 Å². The number of benzene rings is 2. The van der Waals surface area contributed by atoms with E-state index in [1.54, 1.807) is 0 Å². The molecule has 12 nitrogen and oxygen atoms in total. The van der Waals surface area contributed by atoms with E-state index < -0.39 is 36.2 Å². The van der Waals surface area contributed by atoms with Crippen LogP contribution in [0.25, 0.3) is 0 Å². The molecule has 3 aliphatic rings. The number of aliphatic hydroxyl groups excluding tert-OH is 1. The first-order valence-corrected chi connectivity index (χ1v) is 15.2. The van der Waals surface area contributed by atoms with Crippen LogP contribution in [0.1, 0.15) is 31.4 Å². The van der Waals surface area contributed by atoms with Gasteiger partial charge in [0.15, 0.2) is 0 Å². The fourth-order valence-electron chi connectivity index (χ4n) is 5.05. The first-order valence-electron chi connectivity index (χ1n) is 15.2. The van der Waals surface area contributed by atoms with Gasteiger partial charge < -0.3 is 40.0 Å². The summed E-state index contributed by atoms with van der Waals surface area (Å²) in [5.74, 6) is -0.523. The smallest absolute Gasteiger partial charge is 0.407 e. The fourth-order valence-corrected chi connectivity index (χ4v) is 5.05. The third-order valence-corrected chi connectivity index (χ3v) is 7.54. The van der Waals surface area contributed by atoms with E-state index >= 15 is 0 Å². The van der Waals surface area contributed by atoms with Crippen LogP contribution in [0.3, 0.4) is 0 Å². The van der Waals surface area contributed by atoms with E-state index in [9.17, 15) is 19.5 Å². The zero-order valence-electron chi connectivity index (χ0n) is 25.3. The van der Waals surface area contributed by atoms with Crippen LogP contribution in [-0.4, -0.2) is 92.9 Å². The summed E-state index contributed by atoms with van der Waals surface area (Å²) < 4.78 is 22.1. The lowest BCUT2D eigenvalue weighted by Crippen LogP contribution is -2.62. The largest absolute Gasteiger partial charge is 0.491 e. The molecule has 0 saturated carbocycles. The van der Waals surface area contributed by atoms with E-state index in [1.807, 2.05) is 68.4 Å². The van der Waals surface area contributed by atoms with Crippen LogP contribution in [0.5, 0.6) is 5.75 Å². The molecular weight excluding hydrogens is 568 g/mol. The van der Waals surface area contributed by atoms with Crippen molar-refractivity contribution < 1.29 is 38.4 Å². The van der Waals surface area contributed by atoms with Gasteiger partial charge in [-0.05, 0) is 35.6 Å². The van der Waals surface area contributed by atoms with Crippen molar-refractivity contribution in [2.45, 2.75) is 63.6 Å². The number of aliphatic hydroxyl groups is 1. The highest BCUT2D eigenvalue weighted by Gasteiger charge is 2.37. The van der Waals surface area contributed by atoms with Gasteiger partial charge in [-0.3, -0.25) is 14.9 Å². The second kappa shape index (κ2) is 17.0. The Morgan fingerprint density at radius 2 is 1.75 bits per heavy atom. The highest BCUT2D eigenvalue weighted by molar-refractivity contribution is 5.90. The van der Waals surface area contributed by atoms with Gasteiger partial charge in [-0.1, -0.05) is 56.3 Å². The van der Waals surface area contributed by atoms with E-state index in [-0.39, 0.29) is 44.0 Å². The monoisotopic (exact) mass is 612 g/mol. The van der Waals surface area contributed by atoms with Crippen molar-refractivity contribution >= 4 is 17.9 Å². The molecule has 12 heteroatoms. The number of nitrogens with one attached hydrogen (secondary N) is 4. The van der Waals surface area contributed by atoms with Crippen molar-refractivity contribution in [3.8, 4) is 5.75 Å². The van der Waals surface area contributed by atoms with E-state index in [4.69, 9.17) is 18.9 Å². The molecule has 0 radical (unpaired) electrons. The molecule has 1 fully saturated rings. The van der Waals surface area contributed by atoms with Crippen molar-refractivity contribution in [2.75, 3.05) is 39.6 Å². The van der Waals surface area contributed by atoms with E-state index in [2.05, 4.69) is 21.3 Å². The molecule has 0 unspecified atom stereocenters. The number of amides is 3. The summed E-state index contributed by atoms with van der Waals surface area (Å²) in [7, 11) is 0. The Hall–Kier alpha value is -3.71. The van der Waals surface area contributed by atoms with Crippen LogP contribution in [0.2, 0.25) is 0 Å². The Bertz CT molecular complexity index is 1190. The summed E-state index contributed by atoms with van der Waals surface area (Å²) in [5, 5.41) is 23.4. The number of rotatable bonds is 7. The molecule has 5 rings (SSSR count). The van der Waals surface area contributed by atoms with Crippen LogP contribution in [-0.2, 0) is 36.8 Å². The lowest BCUT2D eigenvalue weighted by molar-refractivity contribution is -0.133. The molecule has 44 heavy (non-hydrogen) atoms. The number of fused-ring (bicyclic) bond motifs is 15. The minimum absolute atomic E-state index is 0.221. The summed E-state index contributed by atoms with van der Waals surface area (Å²) in [6.45, 7) is 5.95. The van der Waals surface area contributed by atoms with Gasteiger partial charge in [0.2, 0.25) is 11.8 Å². The second-order valence-corrected chi connectivity index (χ2v) is 11.3. The van der Waals surface area contributed by atoms with Gasteiger partial charge in [-0.15, -0.1) is 0 Å². The zero-order chi connectivity index (χ0) is 31.3. The second-order valence-electron chi connectivity index (χ2n) is 11.3. The van der Waals surface area contributed by atoms with Crippen LogP contribution in [0, 0.1) is 5.92 Å². The number of carbonyl (C=O) groups excluding carboxylic acids is 3. The SMILES string of the molecule is CC(C)[C@@H]1NC(=O)[C@@H]([C@H](O)[C@H](Cc2ccccc2)NC(=O)O[C@H]2CCOC2)NCc2ccc(cc2)OCCOCCNC1=O. The van der Waals surface area contributed by atoms with Gasteiger partial charge in [-0.25, -0.2) is 4.79 Å². The van der Waals surface area contributed by atoms with Crippen molar-refractivity contribution in [3.63, 3.8) is 0 Å². The maximum atomic E-state index is 13.9. The lowest BCUT2D eigenvalue weighted by Gasteiger charge is -2.32. The Morgan fingerprint density at radius 3 is 2.45 bits per heavy atom. The maximum absolute atomic E-state index is 13.9. The minimum Gasteiger partial charge on any atom is -0.491 e. The third-order valence-electron chi connectivity index (χ3n) is 7.54. The molecule has 0 aliphatic carbocycles. The first-order chi connectivity index (χ1) is 21.3. The van der Waals surface area contributed by atoms with Gasteiger partial charge in [0, 0.05) is 19.5 Å². The summed E-state index contributed by atoms with van der Waals surface area (Å²) in [6, 6.07) is 13.7. The van der Waals surface area contributed by atoms with Crippen LogP contribution >= 0.6 is 0 Å². The topological polar surface area (TPSA) is 156 Å². The number of hydrogen-bond acceptors (Lipinski definition) is 9. The number of ether oxygens (including phenoxy) is 4. The van der Waals surface area contributed by atoms with Crippen molar-refractivity contribution in [1.29, 1.82) is 0 Å².